The number of halogens is 3. The van der Waals surface area contributed by atoms with Crippen molar-refractivity contribution in [2.75, 3.05) is 0 Å². The second-order valence-corrected chi connectivity index (χ2v) is 6.87. The van der Waals surface area contributed by atoms with Gasteiger partial charge in [-0.05, 0) is 43.0 Å². The Balaban J connectivity index is 1.97. The topological polar surface area (TPSA) is 60.7 Å². The van der Waals surface area contributed by atoms with E-state index in [4.69, 9.17) is 34.8 Å². The number of carbonyl (C=O) groups is 1. The second kappa shape index (κ2) is 7.64. The first-order valence-electron chi connectivity index (χ1n) is 7.68. The van der Waals surface area contributed by atoms with Gasteiger partial charge in [0, 0.05) is 26.8 Å². The molecule has 0 atom stereocenters. The fourth-order valence-corrected chi connectivity index (χ4v) is 3.65. The summed E-state index contributed by atoms with van der Waals surface area (Å²) in [5, 5.41) is 12.8. The number of hydrogen-bond donors (Lipinski definition) is 0. The van der Waals surface area contributed by atoms with Crippen molar-refractivity contribution in [3.8, 4) is 0 Å². The molecule has 1 aromatic carbocycles. The summed E-state index contributed by atoms with van der Waals surface area (Å²) >= 11 is 19.0. The molecule has 3 rings (SSSR count). The maximum atomic E-state index is 12.9. The van der Waals surface area contributed by atoms with Crippen molar-refractivity contribution in [2.45, 2.75) is 38.6 Å². The molecule has 24 heavy (non-hydrogen) atoms. The van der Waals surface area contributed by atoms with Crippen LogP contribution < -0.4 is 0 Å². The number of rotatable bonds is 4. The van der Waals surface area contributed by atoms with Crippen molar-refractivity contribution in [1.29, 1.82) is 0 Å². The van der Waals surface area contributed by atoms with Crippen LogP contribution in [0.3, 0.4) is 0 Å². The van der Waals surface area contributed by atoms with Gasteiger partial charge >= 0.3 is 0 Å². The van der Waals surface area contributed by atoms with Crippen LogP contribution in [0.15, 0.2) is 29.1 Å². The SMILES string of the molecule is O=C(C1=C(Cl)CCCCC1)c1ccc(Cl)c(Cn2ncnn2)c1Cl. The molecule has 0 radical (unpaired) electrons. The largest absolute Gasteiger partial charge is 0.289 e. The lowest BCUT2D eigenvalue weighted by Crippen LogP contribution is -2.10. The Morgan fingerprint density at radius 3 is 2.67 bits per heavy atom. The molecular formula is C16H15Cl3N4O. The lowest BCUT2D eigenvalue weighted by molar-refractivity contribution is 0.103. The average molecular weight is 386 g/mol. The molecule has 0 saturated heterocycles. The van der Waals surface area contributed by atoms with Crippen molar-refractivity contribution in [3.63, 3.8) is 0 Å². The normalized spacial score (nSPS) is 15.5. The first-order valence-corrected chi connectivity index (χ1v) is 8.81. The number of tetrazole rings is 1. The average Bonchev–Trinajstić information content (AvgIpc) is 2.98. The summed E-state index contributed by atoms with van der Waals surface area (Å²) in [6.45, 7) is 0.242. The molecule has 2 aromatic rings. The molecule has 1 aliphatic rings. The Morgan fingerprint density at radius 2 is 1.92 bits per heavy atom. The van der Waals surface area contributed by atoms with Gasteiger partial charge in [-0.25, -0.2) is 0 Å². The first kappa shape index (κ1) is 17.4. The number of nitrogens with zero attached hydrogens (tertiary/aromatic N) is 4. The van der Waals surface area contributed by atoms with E-state index in [1.54, 1.807) is 12.1 Å². The molecule has 0 aliphatic heterocycles. The van der Waals surface area contributed by atoms with Crippen LogP contribution in [0.1, 0.15) is 48.0 Å². The fourth-order valence-electron chi connectivity index (χ4n) is 2.76. The molecule has 0 amide bonds. The smallest absolute Gasteiger partial charge is 0.191 e. The zero-order valence-electron chi connectivity index (χ0n) is 12.8. The summed E-state index contributed by atoms with van der Waals surface area (Å²) < 4.78 is 0. The van der Waals surface area contributed by atoms with Crippen LogP contribution in [0, 0.1) is 0 Å². The van der Waals surface area contributed by atoms with E-state index < -0.39 is 0 Å². The Labute approximate surface area is 154 Å². The molecule has 0 N–H and O–H groups in total. The van der Waals surface area contributed by atoms with E-state index in [1.807, 2.05) is 0 Å². The maximum Gasteiger partial charge on any atom is 0.191 e. The number of ketones is 1. The second-order valence-electron chi connectivity index (χ2n) is 5.63. The quantitative estimate of drug-likeness (QED) is 0.718. The Bertz CT molecular complexity index is 787. The summed E-state index contributed by atoms with van der Waals surface area (Å²) in [6.07, 6.45) is 5.78. The van der Waals surface area contributed by atoms with Gasteiger partial charge < -0.3 is 0 Å². The Hall–Kier alpha value is -1.43. The molecule has 0 fully saturated rings. The van der Waals surface area contributed by atoms with Gasteiger partial charge in [0.1, 0.15) is 0 Å². The van der Waals surface area contributed by atoms with Crippen molar-refractivity contribution in [1.82, 2.24) is 20.2 Å². The highest BCUT2D eigenvalue weighted by Crippen LogP contribution is 2.34. The highest BCUT2D eigenvalue weighted by atomic mass is 35.5. The van der Waals surface area contributed by atoms with E-state index >= 15 is 0 Å². The summed E-state index contributed by atoms with van der Waals surface area (Å²) in [5.41, 5.74) is 1.65. The van der Waals surface area contributed by atoms with Gasteiger partial charge in [-0.3, -0.25) is 4.79 Å². The Morgan fingerprint density at radius 1 is 1.12 bits per heavy atom. The van der Waals surface area contributed by atoms with Gasteiger partial charge in [0.2, 0.25) is 0 Å². The minimum Gasteiger partial charge on any atom is -0.289 e. The van der Waals surface area contributed by atoms with Gasteiger partial charge in [-0.2, -0.15) is 4.80 Å². The minimum atomic E-state index is -0.128. The first-order chi connectivity index (χ1) is 11.6. The number of aromatic nitrogens is 4. The van der Waals surface area contributed by atoms with Crippen LogP contribution in [-0.4, -0.2) is 26.0 Å². The van der Waals surface area contributed by atoms with E-state index in [0.717, 1.165) is 25.7 Å². The molecule has 0 spiro atoms. The van der Waals surface area contributed by atoms with Crippen LogP contribution in [0.25, 0.3) is 0 Å². The maximum absolute atomic E-state index is 12.9. The van der Waals surface area contributed by atoms with E-state index in [9.17, 15) is 4.79 Å². The standard InChI is InChI=1S/C16H15Cl3N4O/c17-13-5-3-1-2-4-10(13)16(24)11-6-7-14(18)12(15(11)19)8-23-21-9-20-22-23/h6-7,9H,1-5,8H2. The number of allylic oxidation sites excluding steroid dienone is 2. The summed E-state index contributed by atoms with van der Waals surface area (Å²) in [7, 11) is 0. The molecule has 1 heterocycles. The summed E-state index contributed by atoms with van der Waals surface area (Å²) in [5.74, 6) is -0.128. The zero-order valence-corrected chi connectivity index (χ0v) is 15.1. The number of hydrogen-bond acceptors (Lipinski definition) is 4. The zero-order chi connectivity index (χ0) is 17.1. The summed E-state index contributed by atoms with van der Waals surface area (Å²) in [6, 6.07) is 3.31. The van der Waals surface area contributed by atoms with Crippen LogP contribution in [0.2, 0.25) is 10.0 Å². The van der Waals surface area contributed by atoms with E-state index in [-0.39, 0.29) is 12.3 Å². The molecule has 1 aromatic heterocycles. The minimum absolute atomic E-state index is 0.128. The number of carbonyl (C=O) groups excluding carboxylic acids is 1. The fraction of sp³-hybridized carbons (Fsp3) is 0.375. The van der Waals surface area contributed by atoms with Crippen LogP contribution in [-0.2, 0) is 6.54 Å². The Kier molecular flexibility index (Phi) is 5.54. The highest BCUT2D eigenvalue weighted by Gasteiger charge is 2.23. The van der Waals surface area contributed by atoms with Gasteiger partial charge in [0.25, 0.3) is 0 Å². The number of Topliss-reactive ketones (excluding diaryl/α,β-unsaturated/α-hetero) is 1. The molecule has 126 valence electrons. The predicted molar refractivity (Wildman–Crippen MR) is 93.7 cm³/mol. The summed E-state index contributed by atoms with van der Waals surface area (Å²) in [4.78, 5) is 14.3. The van der Waals surface area contributed by atoms with Gasteiger partial charge in [0.05, 0.1) is 11.6 Å². The molecule has 1 aliphatic carbocycles. The third kappa shape index (κ3) is 3.63. The highest BCUT2D eigenvalue weighted by molar-refractivity contribution is 6.39. The number of benzene rings is 1. The van der Waals surface area contributed by atoms with Crippen molar-refractivity contribution < 1.29 is 4.79 Å². The molecule has 0 bridgehead atoms. The molecular weight excluding hydrogens is 371 g/mol. The van der Waals surface area contributed by atoms with Crippen LogP contribution in [0.5, 0.6) is 0 Å². The van der Waals surface area contributed by atoms with Crippen molar-refractivity contribution in [2.24, 2.45) is 0 Å². The predicted octanol–water partition coefficient (Wildman–Crippen LogP) is 4.67. The molecule has 0 unspecified atom stereocenters. The van der Waals surface area contributed by atoms with E-state index in [1.165, 1.54) is 11.1 Å². The molecule has 5 nitrogen and oxygen atoms in total. The van der Waals surface area contributed by atoms with Crippen LogP contribution in [0.4, 0.5) is 0 Å². The van der Waals surface area contributed by atoms with Crippen molar-refractivity contribution in [3.05, 3.63) is 50.2 Å². The van der Waals surface area contributed by atoms with Gasteiger partial charge in [-0.15, -0.1) is 10.2 Å². The lowest BCUT2D eigenvalue weighted by Gasteiger charge is -2.13. The van der Waals surface area contributed by atoms with Gasteiger partial charge in [-0.1, -0.05) is 41.2 Å². The van der Waals surface area contributed by atoms with Crippen LogP contribution >= 0.6 is 34.8 Å². The van der Waals surface area contributed by atoms with E-state index in [2.05, 4.69) is 15.4 Å². The molecule has 8 heteroatoms. The third-order valence-electron chi connectivity index (χ3n) is 4.05. The monoisotopic (exact) mass is 384 g/mol. The molecule has 0 saturated carbocycles. The van der Waals surface area contributed by atoms with E-state index in [0.29, 0.717) is 38.2 Å². The van der Waals surface area contributed by atoms with Gasteiger partial charge in [0.15, 0.2) is 12.1 Å². The van der Waals surface area contributed by atoms with Crippen molar-refractivity contribution >= 4 is 40.6 Å². The lowest BCUT2D eigenvalue weighted by atomic mass is 9.97. The third-order valence-corrected chi connectivity index (χ3v) is 5.25.